The molecule has 0 aliphatic heterocycles. The molecule has 0 saturated carbocycles. The highest BCUT2D eigenvalue weighted by molar-refractivity contribution is 5.91. The standard InChI is InChI=1S/C12H17FN2O/c1-8-4-5-10(9(13)6-8)15-11(16)7-12(2,3)14/h4-6H,7,14H2,1-3H3,(H,15,16). The van der Waals surface area contributed by atoms with E-state index in [-0.39, 0.29) is 18.0 Å². The Kier molecular flexibility index (Phi) is 3.65. The number of nitrogens with one attached hydrogen (secondary N) is 1. The third kappa shape index (κ3) is 3.98. The third-order valence-electron chi connectivity index (χ3n) is 2.01. The van der Waals surface area contributed by atoms with Gasteiger partial charge in [0.15, 0.2) is 0 Å². The maximum absolute atomic E-state index is 13.4. The molecule has 88 valence electrons. The maximum atomic E-state index is 13.4. The van der Waals surface area contributed by atoms with Gasteiger partial charge in [-0.25, -0.2) is 4.39 Å². The Morgan fingerprint density at radius 3 is 2.62 bits per heavy atom. The Bertz CT molecular complexity index is 396. The summed E-state index contributed by atoms with van der Waals surface area (Å²) in [7, 11) is 0. The molecule has 0 saturated heterocycles. The zero-order valence-corrected chi connectivity index (χ0v) is 9.80. The Labute approximate surface area is 94.8 Å². The fourth-order valence-corrected chi connectivity index (χ4v) is 1.33. The Morgan fingerprint density at radius 1 is 1.50 bits per heavy atom. The van der Waals surface area contributed by atoms with Gasteiger partial charge < -0.3 is 11.1 Å². The summed E-state index contributed by atoms with van der Waals surface area (Å²) < 4.78 is 13.4. The van der Waals surface area contributed by atoms with Crippen LogP contribution in [0.25, 0.3) is 0 Å². The molecule has 0 radical (unpaired) electrons. The van der Waals surface area contributed by atoms with Crippen LogP contribution in [-0.4, -0.2) is 11.4 Å². The summed E-state index contributed by atoms with van der Waals surface area (Å²) in [6.07, 6.45) is 0.153. The van der Waals surface area contributed by atoms with Crippen LogP contribution < -0.4 is 11.1 Å². The van der Waals surface area contributed by atoms with E-state index in [9.17, 15) is 9.18 Å². The van der Waals surface area contributed by atoms with Gasteiger partial charge in [0, 0.05) is 12.0 Å². The molecule has 0 aromatic heterocycles. The van der Waals surface area contributed by atoms with Crippen LogP contribution in [0, 0.1) is 12.7 Å². The van der Waals surface area contributed by atoms with Gasteiger partial charge in [0.1, 0.15) is 5.82 Å². The summed E-state index contributed by atoms with van der Waals surface area (Å²) in [6.45, 7) is 5.29. The molecule has 1 rings (SSSR count). The second-order valence-corrected chi connectivity index (χ2v) is 4.70. The van der Waals surface area contributed by atoms with Crippen molar-refractivity contribution >= 4 is 11.6 Å². The van der Waals surface area contributed by atoms with Gasteiger partial charge in [-0.3, -0.25) is 4.79 Å². The first-order valence-corrected chi connectivity index (χ1v) is 5.13. The number of aryl methyl sites for hydroxylation is 1. The summed E-state index contributed by atoms with van der Waals surface area (Å²) in [6, 6.07) is 4.67. The van der Waals surface area contributed by atoms with Crippen molar-refractivity contribution < 1.29 is 9.18 Å². The molecule has 0 unspecified atom stereocenters. The first kappa shape index (κ1) is 12.6. The van der Waals surface area contributed by atoms with Crippen molar-refractivity contribution in [3.63, 3.8) is 0 Å². The molecule has 0 aliphatic rings. The summed E-state index contributed by atoms with van der Waals surface area (Å²) in [5, 5.41) is 2.50. The lowest BCUT2D eigenvalue weighted by atomic mass is 10.0. The van der Waals surface area contributed by atoms with E-state index in [0.29, 0.717) is 0 Å². The molecule has 0 aliphatic carbocycles. The van der Waals surface area contributed by atoms with E-state index in [0.717, 1.165) is 5.56 Å². The number of rotatable bonds is 3. The molecule has 0 heterocycles. The first-order chi connectivity index (χ1) is 7.28. The van der Waals surface area contributed by atoms with Crippen LogP contribution in [0.5, 0.6) is 0 Å². The van der Waals surface area contributed by atoms with Crippen LogP contribution in [0.4, 0.5) is 10.1 Å². The van der Waals surface area contributed by atoms with Crippen molar-refractivity contribution in [3.05, 3.63) is 29.6 Å². The van der Waals surface area contributed by atoms with Gasteiger partial charge in [-0.2, -0.15) is 0 Å². The van der Waals surface area contributed by atoms with Crippen LogP contribution in [0.1, 0.15) is 25.8 Å². The summed E-state index contributed by atoms with van der Waals surface area (Å²) in [5.74, 6) is -0.710. The molecule has 0 fully saturated rings. The first-order valence-electron chi connectivity index (χ1n) is 5.13. The number of benzene rings is 1. The number of carbonyl (C=O) groups excluding carboxylic acids is 1. The molecular weight excluding hydrogens is 207 g/mol. The summed E-state index contributed by atoms with van der Waals surface area (Å²) in [4.78, 5) is 11.5. The van der Waals surface area contributed by atoms with Crippen LogP contribution in [0.2, 0.25) is 0 Å². The third-order valence-corrected chi connectivity index (χ3v) is 2.01. The van der Waals surface area contributed by atoms with Crippen molar-refractivity contribution in [2.75, 3.05) is 5.32 Å². The largest absolute Gasteiger partial charge is 0.325 e. The molecule has 16 heavy (non-hydrogen) atoms. The molecule has 1 aromatic rings. The zero-order valence-electron chi connectivity index (χ0n) is 9.80. The van der Waals surface area contributed by atoms with Crippen LogP contribution in [0.15, 0.2) is 18.2 Å². The molecule has 0 bridgehead atoms. The topological polar surface area (TPSA) is 55.1 Å². The zero-order chi connectivity index (χ0) is 12.3. The van der Waals surface area contributed by atoms with Gasteiger partial charge in [0.25, 0.3) is 0 Å². The van der Waals surface area contributed by atoms with E-state index in [1.165, 1.54) is 6.07 Å². The second-order valence-electron chi connectivity index (χ2n) is 4.70. The van der Waals surface area contributed by atoms with E-state index in [1.54, 1.807) is 32.9 Å². The van der Waals surface area contributed by atoms with Crippen molar-refractivity contribution in [1.82, 2.24) is 0 Å². The Morgan fingerprint density at radius 2 is 2.12 bits per heavy atom. The molecule has 0 atom stereocenters. The van der Waals surface area contributed by atoms with Crippen molar-refractivity contribution in [3.8, 4) is 0 Å². The molecule has 0 spiro atoms. The lowest BCUT2D eigenvalue weighted by molar-refractivity contribution is -0.117. The molecule has 1 aromatic carbocycles. The van der Waals surface area contributed by atoms with Crippen LogP contribution >= 0.6 is 0 Å². The lowest BCUT2D eigenvalue weighted by Gasteiger charge is -2.17. The lowest BCUT2D eigenvalue weighted by Crippen LogP contribution is -2.36. The average molecular weight is 224 g/mol. The number of nitrogens with two attached hydrogens (primary N) is 1. The molecule has 3 nitrogen and oxygen atoms in total. The number of halogens is 1. The van der Waals surface area contributed by atoms with Gasteiger partial charge in [0.2, 0.25) is 5.91 Å². The van der Waals surface area contributed by atoms with Gasteiger partial charge >= 0.3 is 0 Å². The monoisotopic (exact) mass is 224 g/mol. The fourth-order valence-electron chi connectivity index (χ4n) is 1.33. The second kappa shape index (κ2) is 4.61. The predicted octanol–water partition coefficient (Wildman–Crippen LogP) is 2.20. The molecule has 3 N–H and O–H groups in total. The van der Waals surface area contributed by atoms with Gasteiger partial charge in [-0.05, 0) is 38.5 Å². The summed E-state index contributed by atoms with van der Waals surface area (Å²) >= 11 is 0. The quantitative estimate of drug-likeness (QED) is 0.827. The van der Waals surface area contributed by atoms with Crippen molar-refractivity contribution in [2.24, 2.45) is 5.73 Å². The normalized spacial score (nSPS) is 11.3. The van der Waals surface area contributed by atoms with Gasteiger partial charge in [-0.15, -0.1) is 0 Å². The number of hydrogen-bond acceptors (Lipinski definition) is 2. The average Bonchev–Trinajstić information content (AvgIpc) is 2.06. The highest BCUT2D eigenvalue weighted by Gasteiger charge is 2.17. The number of amides is 1. The van der Waals surface area contributed by atoms with Crippen molar-refractivity contribution in [1.29, 1.82) is 0 Å². The van der Waals surface area contributed by atoms with Gasteiger partial charge in [-0.1, -0.05) is 6.07 Å². The van der Waals surface area contributed by atoms with Crippen LogP contribution in [0.3, 0.4) is 0 Å². The van der Waals surface area contributed by atoms with Crippen LogP contribution in [-0.2, 0) is 4.79 Å². The highest BCUT2D eigenvalue weighted by Crippen LogP contribution is 2.16. The van der Waals surface area contributed by atoms with Crippen molar-refractivity contribution in [2.45, 2.75) is 32.7 Å². The number of anilines is 1. The SMILES string of the molecule is Cc1ccc(NC(=O)CC(C)(C)N)c(F)c1. The molecular formula is C12H17FN2O. The minimum Gasteiger partial charge on any atom is -0.325 e. The number of carbonyl (C=O) groups is 1. The van der Waals surface area contributed by atoms with E-state index < -0.39 is 11.4 Å². The smallest absolute Gasteiger partial charge is 0.226 e. The van der Waals surface area contributed by atoms with E-state index in [2.05, 4.69) is 5.32 Å². The predicted molar refractivity (Wildman–Crippen MR) is 62.7 cm³/mol. The minimum atomic E-state index is -0.592. The van der Waals surface area contributed by atoms with Gasteiger partial charge in [0.05, 0.1) is 5.69 Å². The van der Waals surface area contributed by atoms with E-state index in [1.807, 2.05) is 0 Å². The minimum absolute atomic E-state index is 0.153. The maximum Gasteiger partial charge on any atom is 0.226 e. The Balaban J connectivity index is 2.70. The molecule has 1 amide bonds. The Hall–Kier alpha value is -1.42. The van der Waals surface area contributed by atoms with E-state index in [4.69, 9.17) is 5.73 Å². The molecule has 4 heteroatoms. The summed E-state index contributed by atoms with van der Waals surface area (Å²) in [5.41, 5.74) is 6.11. The number of hydrogen-bond donors (Lipinski definition) is 2. The highest BCUT2D eigenvalue weighted by atomic mass is 19.1. The fraction of sp³-hybridized carbons (Fsp3) is 0.417. The van der Waals surface area contributed by atoms with E-state index >= 15 is 0 Å².